The Morgan fingerprint density at radius 3 is 2.47 bits per heavy atom. The van der Waals surface area contributed by atoms with Crippen LogP contribution in [0, 0.1) is 17.8 Å². The summed E-state index contributed by atoms with van der Waals surface area (Å²) in [6, 6.07) is 10.2. The number of Topliss-reactive ketones (excluding diaryl/α,β-unsaturated/α-hetero) is 1. The summed E-state index contributed by atoms with van der Waals surface area (Å²) in [5.41, 5.74) is 6.90. The first-order chi connectivity index (χ1) is 32.3. The fourth-order valence-corrected chi connectivity index (χ4v) is 10.3. The average molecular weight is 971 g/mol. The fraction of sp³-hybridized carbons (Fsp3) is 0.673. The molecule has 0 spiro atoms. The van der Waals surface area contributed by atoms with Gasteiger partial charge in [-0.3, -0.25) is 29.1 Å². The number of hydrogen-bond donors (Lipinski definition) is 3. The number of aliphatic hydroxyl groups excluding tert-OH is 1. The highest BCUT2D eigenvalue weighted by Crippen LogP contribution is 2.40. The highest BCUT2D eigenvalue weighted by molar-refractivity contribution is 7.93. The number of hydrogen-bond acceptors (Lipinski definition) is 16. The molecule has 4 N–H and O–H groups in total. The summed E-state index contributed by atoms with van der Waals surface area (Å²) in [4.78, 5) is 50.7. The molecule has 3 fully saturated rings. The summed E-state index contributed by atoms with van der Waals surface area (Å²) < 4.78 is 43.9. The number of nitrogens with two attached hydrogens (primary N) is 1. The summed E-state index contributed by atoms with van der Waals surface area (Å²) in [5, 5.41) is 24.2. The number of esters is 1. The van der Waals surface area contributed by atoms with Crippen molar-refractivity contribution in [1.82, 2.24) is 35.1 Å². The van der Waals surface area contributed by atoms with Crippen molar-refractivity contribution in [3.63, 3.8) is 0 Å². The lowest BCUT2D eigenvalue weighted by Crippen LogP contribution is -2.61. The summed E-state index contributed by atoms with van der Waals surface area (Å²) in [5.74, 6) is -3.27. The van der Waals surface area contributed by atoms with Crippen LogP contribution in [0.5, 0.6) is 0 Å². The molecule has 3 aliphatic heterocycles. The molecule has 0 aliphatic carbocycles. The number of nitrogens with one attached hydrogen (secondary N) is 1. The van der Waals surface area contributed by atoms with E-state index >= 15 is 0 Å². The number of nitrogen functional groups attached to an aromatic ring is 1. The van der Waals surface area contributed by atoms with Crippen LogP contribution in [0.1, 0.15) is 93.1 Å². The second kappa shape index (κ2) is 24.5. The molecule has 0 radical (unpaired) electrons. The Kier molecular flexibility index (Phi) is 19.7. The lowest BCUT2D eigenvalue weighted by molar-refractivity contribution is -0.296. The molecule has 19 heteroatoms. The highest BCUT2D eigenvalue weighted by Gasteiger charge is 2.58. The third-order valence-electron chi connectivity index (χ3n) is 13.9. The van der Waals surface area contributed by atoms with Crippen LogP contribution in [-0.2, 0) is 46.4 Å². The van der Waals surface area contributed by atoms with Gasteiger partial charge in [0.15, 0.2) is 17.7 Å². The molecule has 1 aromatic carbocycles. The van der Waals surface area contributed by atoms with Gasteiger partial charge in [-0.05, 0) is 110 Å². The van der Waals surface area contributed by atoms with Gasteiger partial charge in [0, 0.05) is 86.8 Å². The normalized spacial score (nSPS) is 32.9. The Bertz CT molecular complexity index is 2090. The topological polar surface area (TPSA) is 206 Å². The van der Waals surface area contributed by atoms with Crippen molar-refractivity contribution < 1.29 is 47.1 Å². The summed E-state index contributed by atoms with van der Waals surface area (Å²) >= 11 is 0.250. The van der Waals surface area contributed by atoms with Gasteiger partial charge in [0.25, 0.3) is 0 Å². The van der Waals surface area contributed by atoms with Crippen LogP contribution < -0.4 is 11.1 Å². The number of aromatic nitrogens is 4. The largest absolute Gasteiger partial charge is 0.458 e. The molecule has 0 saturated carbocycles. The Morgan fingerprint density at radius 2 is 1.81 bits per heavy atom. The SMILES string of the molecule is CC[C@H]1OC(=O)[C@H](C)C(=O)[C@H](C)[C@@H](O[C@@H]2OC(C)CC(N(C)Cc3cccnc3)C2O)[C@](C)(OC)C[C@@H](C)CN[C@H](C)[C@H]2N(CCCCn3cc(-c4cccc(N)c4)nn3)C(=O)O[C@]12C.CSF. The van der Waals surface area contributed by atoms with Gasteiger partial charge in [-0.15, -0.1) is 5.10 Å². The van der Waals surface area contributed by atoms with Crippen LogP contribution in [0.2, 0.25) is 0 Å². The number of nitrogens with zero attached hydrogens (tertiary/aromatic N) is 6. The number of amides is 1. The van der Waals surface area contributed by atoms with Crippen LogP contribution in [0.15, 0.2) is 55.0 Å². The number of halogens is 1. The van der Waals surface area contributed by atoms with Crippen molar-refractivity contribution in [1.29, 1.82) is 0 Å². The first kappa shape index (κ1) is 54.7. The number of fused-ring (bicyclic) bond motifs is 1. The number of ether oxygens (including phenoxy) is 5. The lowest BCUT2D eigenvalue weighted by atomic mass is 9.78. The molecular formula is C49H75FN8O9S. The van der Waals surface area contributed by atoms with Crippen LogP contribution >= 0.6 is 12.1 Å². The number of cyclic esters (lactones) is 1. The van der Waals surface area contributed by atoms with E-state index in [4.69, 9.17) is 29.4 Å². The van der Waals surface area contributed by atoms with Gasteiger partial charge in [-0.1, -0.05) is 44.2 Å². The average Bonchev–Trinajstić information content (AvgIpc) is 3.89. The minimum Gasteiger partial charge on any atom is -0.458 e. The number of methoxy groups -OCH3 is 1. The van der Waals surface area contributed by atoms with Crippen molar-refractivity contribution in [3.8, 4) is 11.3 Å². The van der Waals surface area contributed by atoms with Crippen LogP contribution in [-0.4, -0.2) is 146 Å². The number of anilines is 1. The Balaban J connectivity index is 0.00000280. The third-order valence-corrected chi connectivity index (χ3v) is 13.9. The molecule has 3 aromatic rings. The number of aryl methyl sites for hydroxylation is 1. The Hall–Kier alpha value is -4.24. The zero-order valence-corrected chi connectivity index (χ0v) is 42.5. The molecule has 5 heterocycles. The van der Waals surface area contributed by atoms with E-state index < -0.39 is 71.5 Å². The third kappa shape index (κ3) is 13.1. The quantitative estimate of drug-likeness (QED) is 0.0725. The van der Waals surface area contributed by atoms with Crippen molar-refractivity contribution in [2.24, 2.45) is 17.8 Å². The maximum atomic E-state index is 14.6. The molecular weight excluding hydrogens is 896 g/mol. The van der Waals surface area contributed by atoms with Crippen molar-refractivity contribution in [2.75, 3.05) is 39.2 Å². The number of pyridine rings is 1. The van der Waals surface area contributed by atoms with Crippen LogP contribution in [0.4, 0.5) is 14.4 Å². The number of aliphatic hydroxyl groups is 1. The van der Waals surface area contributed by atoms with E-state index in [2.05, 4.69) is 32.4 Å². The molecule has 17 nitrogen and oxygen atoms in total. The number of rotatable bonds is 13. The summed E-state index contributed by atoms with van der Waals surface area (Å²) in [6.45, 7) is 17.0. The van der Waals surface area contributed by atoms with E-state index in [1.54, 1.807) is 36.0 Å². The van der Waals surface area contributed by atoms with E-state index in [0.29, 0.717) is 64.0 Å². The summed E-state index contributed by atoms with van der Waals surface area (Å²) in [7, 11) is 3.54. The van der Waals surface area contributed by atoms with Gasteiger partial charge < -0.3 is 39.8 Å². The van der Waals surface area contributed by atoms with Gasteiger partial charge in [0.05, 0.1) is 30.0 Å². The Morgan fingerprint density at radius 1 is 1.09 bits per heavy atom. The molecule has 378 valence electrons. The van der Waals surface area contributed by atoms with Crippen molar-refractivity contribution >= 4 is 35.7 Å². The molecule has 0 bridgehead atoms. The smallest absolute Gasteiger partial charge is 0.410 e. The molecule has 3 aliphatic rings. The number of unbranched alkanes of at least 4 members (excludes halogenated alkanes) is 1. The summed E-state index contributed by atoms with van der Waals surface area (Å²) in [6.07, 6.45) is 4.74. The number of likely N-dealkylation sites (N-methyl/N-ethyl adjacent to an activating group) is 1. The van der Waals surface area contributed by atoms with Gasteiger partial charge in [0.2, 0.25) is 0 Å². The standard InChI is InChI=1S/C48H72N8O9.CH3FS/c1-11-39-48(8)42(56(46(60)65-48)21-13-12-20-55-28-37(52-53-55)35-17-14-18-36(49)23-35)33(6)51-25-29(2)24-47(7,61-10)43(31(4)40(57)32(5)44(59)63-39)64-45-41(58)38(22-30(3)62-45)54(9)27-34-16-15-19-50-26-34;1-3-2/h14-19,23,26,28-33,38-39,41-43,45,51,58H,11-13,20-22,24-25,27,49H2,1-10H3;1H3/t29-,30?,31+,32-,33-,38?,39-,41?,42-,43-,45+,47-,48-;/m1./s1. The predicted molar refractivity (Wildman–Crippen MR) is 259 cm³/mol. The van der Waals surface area contributed by atoms with Crippen molar-refractivity contribution in [2.45, 2.75) is 161 Å². The zero-order valence-electron chi connectivity index (χ0n) is 41.7. The van der Waals surface area contributed by atoms with Crippen molar-refractivity contribution in [3.05, 3.63) is 60.6 Å². The molecule has 2 aromatic heterocycles. The maximum absolute atomic E-state index is 14.6. The molecule has 1 amide bonds. The Labute approximate surface area is 406 Å². The van der Waals surface area contributed by atoms with Gasteiger partial charge in [-0.25, -0.2) is 4.79 Å². The van der Waals surface area contributed by atoms with Crippen LogP contribution in [0.3, 0.4) is 0 Å². The first-order valence-corrected chi connectivity index (χ1v) is 24.9. The first-order valence-electron chi connectivity index (χ1n) is 23.8. The van der Waals surface area contributed by atoms with E-state index in [1.807, 2.05) is 84.3 Å². The lowest BCUT2D eigenvalue weighted by Gasteiger charge is -2.47. The molecule has 6 rings (SSSR count). The zero-order chi connectivity index (χ0) is 49.9. The predicted octanol–water partition coefficient (Wildman–Crippen LogP) is 6.48. The molecule has 68 heavy (non-hydrogen) atoms. The number of benzene rings is 1. The fourth-order valence-electron chi connectivity index (χ4n) is 10.3. The van der Waals surface area contributed by atoms with Crippen LogP contribution in [0.25, 0.3) is 11.3 Å². The molecule has 3 unspecified atom stereocenters. The van der Waals surface area contributed by atoms with E-state index in [9.17, 15) is 23.4 Å². The second-order valence-corrected chi connectivity index (χ2v) is 19.6. The number of carbonyl (C=O) groups is 3. The highest BCUT2D eigenvalue weighted by atomic mass is 32.2. The molecule has 3 saturated heterocycles. The second-order valence-electron chi connectivity index (χ2n) is 19.3. The monoisotopic (exact) mass is 971 g/mol. The molecule has 13 atom stereocenters. The van der Waals surface area contributed by atoms with Gasteiger partial charge in [0.1, 0.15) is 23.8 Å². The minimum atomic E-state index is -1.25. The number of ketones is 1. The van der Waals surface area contributed by atoms with Gasteiger partial charge >= 0.3 is 12.1 Å². The minimum absolute atomic E-state index is 0.0367. The number of carbonyl (C=O) groups excluding carboxylic acids is 3. The van der Waals surface area contributed by atoms with E-state index in [0.717, 1.165) is 16.8 Å². The van der Waals surface area contributed by atoms with E-state index in [-0.39, 0.29) is 36.3 Å². The van der Waals surface area contributed by atoms with E-state index in [1.165, 1.54) is 13.2 Å². The maximum Gasteiger partial charge on any atom is 0.410 e. The van der Waals surface area contributed by atoms with Gasteiger partial charge in [-0.2, -0.15) is 3.89 Å².